The molecule has 1 aromatic heterocycles. The summed E-state index contributed by atoms with van der Waals surface area (Å²) in [7, 11) is 0. The van der Waals surface area contributed by atoms with Crippen LogP contribution in [0.25, 0.3) is 0 Å². The Bertz CT molecular complexity index is 678. The van der Waals surface area contributed by atoms with Gasteiger partial charge in [0, 0.05) is 12.5 Å². The Hall–Kier alpha value is -2.45. The quantitative estimate of drug-likeness (QED) is 0.756. The maximum atomic E-state index is 13.2. The molecule has 3 N–H and O–H groups in total. The van der Waals surface area contributed by atoms with Crippen molar-refractivity contribution in [2.24, 2.45) is 0 Å². The molecule has 1 amide bonds. The van der Waals surface area contributed by atoms with Gasteiger partial charge in [-0.15, -0.1) is 0 Å². The predicted octanol–water partition coefficient (Wildman–Crippen LogP) is 0.485. The van der Waals surface area contributed by atoms with Crippen LogP contribution in [0.3, 0.4) is 0 Å². The number of amides is 1. The number of rotatable bonds is 4. The highest BCUT2D eigenvalue weighted by atomic mass is 19.1. The Kier molecular flexibility index (Phi) is 4.26. The van der Waals surface area contributed by atoms with Gasteiger partial charge in [-0.25, -0.2) is 9.37 Å². The van der Waals surface area contributed by atoms with Crippen molar-refractivity contribution in [3.05, 3.63) is 48.4 Å². The molecule has 4 atom stereocenters. The third-order valence-electron chi connectivity index (χ3n) is 3.69. The molecule has 0 spiro atoms. The lowest BCUT2D eigenvalue weighted by molar-refractivity contribution is -0.0135. The molecular formula is C15H15FN2O5. The smallest absolute Gasteiger partial charge is 0.273 e. The first-order chi connectivity index (χ1) is 11.0. The van der Waals surface area contributed by atoms with Crippen molar-refractivity contribution in [3.8, 4) is 5.75 Å². The van der Waals surface area contributed by atoms with Gasteiger partial charge in [-0.1, -0.05) is 6.07 Å². The zero-order chi connectivity index (χ0) is 16.4. The number of aliphatic hydroxyl groups is 2. The van der Waals surface area contributed by atoms with Gasteiger partial charge < -0.3 is 24.7 Å². The monoisotopic (exact) mass is 322 g/mol. The van der Waals surface area contributed by atoms with E-state index in [1.54, 1.807) is 6.07 Å². The number of carbonyl (C=O) groups excluding carboxylic acids is 1. The average Bonchev–Trinajstić information content (AvgIpc) is 3.13. The Balaban J connectivity index is 1.65. The Morgan fingerprint density at radius 2 is 2.22 bits per heavy atom. The van der Waals surface area contributed by atoms with Gasteiger partial charge in [-0.3, -0.25) is 4.79 Å². The van der Waals surface area contributed by atoms with Gasteiger partial charge in [0.1, 0.15) is 36.1 Å². The number of hydrogen-bond acceptors (Lipinski definition) is 6. The number of ether oxygens (including phenoxy) is 1. The summed E-state index contributed by atoms with van der Waals surface area (Å²) in [6.07, 6.45) is -0.722. The minimum Gasteiger partial charge on any atom is -0.487 e. The van der Waals surface area contributed by atoms with E-state index < -0.39 is 36.1 Å². The molecule has 1 aliphatic carbocycles. The fourth-order valence-corrected chi connectivity index (χ4v) is 2.53. The summed E-state index contributed by atoms with van der Waals surface area (Å²) < 4.78 is 23.4. The Morgan fingerprint density at radius 1 is 1.39 bits per heavy atom. The first kappa shape index (κ1) is 15.4. The van der Waals surface area contributed by atoms with Crippen LogP contribution in [0.4, 0.5) is 4.39 Å². The van der Waals surface area contributed by atoms with Crippen molar-refractivity contribution in [1.29, 1.82) is 0 Å². The van der Waals surface area contributed by atoms with E-state index in [9.17, 15) is 19.4 Å². The van der Waals surface area contributed by atoms with Crippen molar-refractivity contribution >= 4 is 5.91 Å². The summed E-state index contributed by atoms with van der Waals surface area (Å²) in [5.74, 6) is -0.752. The summed E-state index contributed by atoms with van der Waals surface area (Å²) in [6, 6.07) is 4.76. The molecule has 1 fully saturated rings. The van der Waals surface area contributed by atoms with Crippen molar-refractivity contribution in [3.63, 3.8) is 0 Å². The lowest BCUT2D eigenvalue weighted by Crippen LogP contribution is -2.43. The summed E-state index contributed by atoms with van der Waals surface area (Å²) in [5.41, 5.74) is 0.0705. The van der Waals surface area contributed by atoms with Crippen LogP contribution in [0.5, 0.6) is 5.75 Å². The first-order valence-corrected chi connectivity index (χ1v) is 7.02. The minimum absolute atomic E-state index is 0.0705. The minimum atomic E-state index is -1.21. The van der Waals surface area contributed by atoms with Crippen LogP contribution in [-0.2, 0) is 0 Å². The molecule has 0 saturated heterocycles. The summed E-state index contributed by atoms with van der Waals surface area (Å²) >= 11 is 0. The van der Waals surface area contributed by atoms with Crippen LogP contribution < -0.4 is 10.1 Å². The Morgan fingerprint density at radius 3 is 2.91 bits per heavy atom. The molecule has 0 unspecified atom stereocenters. The number of nitrogens with one attached hydrogen (secondary N) is 1. The van der Waals surface area contributed by atoms with E-state index in [2.05, 4.69) is 10.3 Å². The highest BCUT2D eigenvalue weighted by Gasteiger charge is 2.44. The van der Waals surface area contributed by atoms with Crippen LogP contribution >= 0.6 is 0 Å². The number of benzene rings is 1. The second-order valence-corrected chi connectivity index (χ2v) is 5.28. The fourth-order valence-electron chi connectivity index (χ4n) is 2.53. The highest BCUT2D eigenvalue weighted by Crippen LogP contribution is 2.26. The molecule has 0 bridgehead atoms. The van der Waals surface area contributed by atoms with Gasteiger partial charge in [0.2, 0.25) is 0 Å². The van der Waals surface area contributed by atoms with Gasteiger partial charge in [-0.2, -0.15) is 0 Å². The second kappa shape index (κ2) is 6.35. The van der Waals surface area contributed by atoms with Gasteiger partial charge in [0.05, 0.1) is 6.04 Å². The van der Waals surface area contributed by atoms with E-state index in [-0.39, 0.29) is 17.9 Å². The van der Waals surface area contributed by atoms with E-state index in [1.165, 1.54) is 24.5 Å². The SMILES string of the molecule is O=C(N[C@@H]1C[C@@H](Oc2cccc(F)c2)[C@H](O)[C@H]1O)c1cocn1. The zero-order valence-corrected chi connectivity index (χ0v) is 11.9. The number of oxazole rings is 1. The summed E-state index contributed by atoms with van der Waals surface area (Å²) in [4.78, 5) is 15.6. The number of nitrogens with zero attached hydrogens (tertiary/aromatic N) is 1. The summed E-state index contributed by atoms with van der Waals surface area (Å²) in [6.45, 7) is 0. The highest BCUT2D eigenvalue weighted by molar-refractivity contribution is 5.92. The summed E-state index contributed by atoms with van der Waals surface area (Å²) in [5, 5.41) is 22.7. The maximum Gasteiger partial charge on any atom is 0.273 e. The zero-order valence-electron chi connectivity index (χ0n) is 11.9. The van der Waals surface area contributed by atoms with Crippen molar-refractivity contribution in [1.82, 2.24) is 10.3 Å². The molecule has 3 rings (SSSR count). The van der Waals surface area contributed by atoms with Crippen molar-refractivity contribution in [2.75, 3.05) is 0 Å². The lowest BCUT2D eigenvalue weighted by Gasteiger charge is -2.18. The third kappa shape index (κ3) is 3.33. The van der Waals surface area contributed by atoms with E-state index in [0.29, 0.717) is 0 Å². The molecule has 1 aliphatic rings. The van der Waals surface area contributed by atoms with E-state index >= 15 is 0 Å². The van der Waals surface area contributed by atoms with E-state index in [4.69, 9.17) is 9.15 Å². The predicted molar refractivity (Wildman–Crippen MR) is 75.2 cm³/mol. The number of aromatic nitrogens is 1. The maximum absolute atomic E-state index is 13.2. The average molecular weight is 322 g/mol. The van der Waals surface area contributed by atoms with E-state index in [0.717, 1.165) is 6.39 Å². The largest absolute Gasteiger partial charge is 0.487 e. The normalized spacial score (nSPS) is 26.9. The van der Waals surface area contributed by atoms with Crippen molar-refractivity contribution < 1.29 is 28.6 Å². The molecule has 8 heteroatoms. The van der Waals surface area contributed by atoms with Crippen LogP contribution in [0.2, 0.25) is 0 Å². The van der Waals surface area contributed by atoms with Gasteiger partial charge in [-0.05, 0) is 12.1 Å². The van der Waals surface area contributed by atoms with Crippen molar-refractivity contribution in [2.45, 2.75) is 30.8 Å². The number of halogens is 1. The van der Waals surface area contributed by atoms with Crippen LogP contribution in [0.15, 0.2) is 41.3 Å². The molecule has 0 radical (unpaired) electrons. The standard InChI is InChI=1S/C15H15FN2O5/c16-8-2-1-3-9(4-8)23-12-5-10(13(19)14(12)20)18-15(21)11-6-22-7-17-11/h1-4,6-7,10,12-14,19-20H,5H2,(H,18,21)/t10-,12-,13+,14+/m1/s1. The molecule has 122 valence electrons. The molecule has 0 aliphatic heterocycles. The fraction of sp³-hybridized carbons (Fsp3) is 0.333. The number of hydrogen-bond donors (Lipinski definition) is 3. The number of carbonyl (C=O) groups is 1. The second-order valence-electron chi connectivity index (χ2n) is 5.28. The molecule has 23 heavy (non-hydrogen) atoms. The van der Waals surface area contributed by atoms with E-state index in [1.807, 2.05) is 0 Å². The van der Waals surface area contributed by atoms with Gasteiger partial charge in [0.25, 0.3) is 5.91 Å². The molecule has 2 aromatic rings. The van der Waals surface area contributed by atoms with Gasteiger partial charge in [0.15, 0.2) is 12.1 Å². The molecule has 1 saturated carbocycles. The Labute approximate surface area is 130 Å². The number of aliphatic hydroxyl groups excluding tert-OH is 2. The molecule has 7 nitrogen and oxygen atoms in total. The van der Waals surface area contributed by atoms with Crippen LogP contribution in [0.1, 0.15) is 16.9 Å². The molecule has 1 aromatic carbocycles. The van der Waals surface area contributed by atoms with Crippen LogP contribution in [0, 0.1) is 5.82 Å². The first-order valence-electron chi connectivity index (χ1n) is 7.02. The molecular weight excluding hydrogens is 307 g/mol. The lowest BCUT2D eigenvalue weighted by atomic mass is 10.2. The van der Waals surface area contributed by atoms with Gasteiger partial charge >= 0.3 is 0 Å². The molecule has 1 heterocycles. The van der Waals surface area contributed by atoms with Crippen LogP contribution in [-0.4, -0.2) is 45.5 Å². The topological polar surface area (TPSA) is 105 Å². The third-order valence-corrected chi connectivity index (χ3v) is 3.69.